The Morgan fingerprint density at radius 1 is 1.16 bits per heavy atom. The van der Waals surface area contributed by atoms with E-state index in [-0.39, 0.29) is 0 Å². The van der Waals surface area contributed by atoms with Crippen molar-refractivity contribution in [3.8, 4) is 17.6 Å². The summed E-state index contributed by atoms with van der Waals surface area (Å²) in [6.45, 7) is 0.630. The summed E-state index contributed by atoms with van der Waals surface area (Å²) in [6.07, 6.45) is 0.849. The van der Waals surface area contributed by atoms with Gasteiger partial charge in [0.05, 0.1) is 5.56 Å². The Labute approximate surface area is 120 Å². The van der Waals surface area contributed by atoms with Crippen molar-refractivity contribution >= 4 is 15.9 Å². The number of nitrogens with two attached hydrogens (primary N) is 1. The zero-order valence-corrected chi connectivity index (χ0v) is 11.9. The van der Waals surface area contributed by atoms with E-state index in [1.165, 1.54) is 5.56 Å². The third kappa shape index (κ3) is 3.57. The molecule has 0 aliphatic rings. The Hall–Kier alpha value is -1.83. The fourth-order valence-corrected chi connectivity index (χ4v) is 2.06. The number of halogens is 1. The third-order valence-electron chi connectivity index (χ3n) is 2.65. The number of nitrogens with zero attached hydrogens (tertiary/aromatic N) is 1. The van der Waals surface area contributed by atoms with E-state index in [1.807, 2.05) is 30.3 Å². The molecule has 0 unspecified atom stereocenters. The monoisotopic (exact) mass is 316 g/mol. The van der Waals surface area contributed by atoms with Crippen LogP contribution < -0.4 is 10.5 Å². The Kier molecular flexibility index (Phi) is 4.56. The molecule has 96 valence electrons. The van der Waals surface area contributed by atoms with Crippen LogP contribution in [0.4, 0.5) is 0 Å². The third-order valence-corrected chi connectivity index (χ3v) is 3.14. The highest BCUT2D eigenvalue weighted by molar-refractivity contribution is 9.10. The molecule has 4 heteroatoms. The van der Waals surface area contributed by atoms with Crippen LogP contribution in [-0.2, 0) is 6.42 Å². The zero-order chi connectivity index (χ0) is 13.7. The number of ether oxygens (including phenoxy) is 1. The molecule has 19 heavy (non-hydrogen) atoms. The van der Waals surface area contributed by atoms with Gasteiger partial charge in [0.2, 0.25) is 0 Å². The van der Waals surface area contributed by atoms with Gasteiger partial charge < -0.3 is 10.5 Å². The van der Waals surface area contributed by atoms with Crippen molar-refractivity contribution in [2.24, 2.45) is 5.73 Å². The van der Waals surface area contributed by atoms with Gasteiger partial charge in [0, 0.05) is 4.47 Å². The van der Waals surface area contributed by atoms with E-state index >= 15 is 0 Å². The molecular formula is C15H13BrN2O. The molecule has 0 aromatic heterocycles. The van der Waals surface area contributed by atoms with Gasteiger partial charge in [-0.25, -0.2) is 0 Å². The minimum absolute atomic E-state index is 0.500. The van der Waals surface area contributed by atoms with Gasteiger partial charge in [0.25, 0.3) is 0 Å². The van der Waals surface area contributed by atoms with Gasteiger partial charge in [-0.1, -0.05) is 28.1 Å². The topological polar surface area (TPSA) is 59.0 Å². The molecule has 0 saturated heterocycles. The van der Waals surface area contributed by atoms with Crippen molar-refractivity contribution in [3.63, 3.8) is 0 Å². The van der Waals surface area contributed by atoms with Crippen molar-refractivity contribution in [1.82, 2.24) is 0 Å². The number of hydrogen-bond donors (Lipinski definition) is 1. The average molecular weight is 317 g/mol. The maximum atomic E-state index is 9.07. The lowest BCUT2D eigenvalue weighted by Crippen LogP contribution is -2.02. The fraction of sp³-hybridized carbons (Fsp3) is 0.133. The molecule has 0 heterocycles. The first-order chi connectivity index (χ1) is 9.22. The first-order valence-corrected chi connectivity index (χ1v) is 6.69. The summed E-state index contributed by atoms with van der Waals surface area (Å²) in [5.74, 6) is 1.26. The number of hydrogen-bond acceptors (Lipinski definition) is 3. The summed E-state index contributed by atoms with van der Waals surface area (Å²) >= 11 is 3.33. The highest BCUT2D eigenvalue weighted by Gasteiger charge is 2.05. The van der Waals surface area contributed by atoms with Gasteiger partial charge in [-0.05, 0) is 48.9 Å². The molecule has 0 bridgehead atoms. The fourth-order valence-electron chi connectivity index (χ4n) is 1.70. The lowest BCUT2D eigenvalue weighted by atomic mass is 10.1. The standard InChI is InChI=1S/C15H13BrN2O/c16-13-3-6-15(12(9-13)10-18)19-14-4-1-11(2-5-14)7-8-17/h1-6,9H,7-8,17H2. The van der Waals surface area contributed by atoms with E-state index < -0.39 is 0 Å². The van der Waals surface area contributed by atoms with E-state index in [1.54, 1.807) is 12.1 Å². The molecule has 0 amide bonds. The lowest BCUT2D eigenvalue weighted by Gasteiger charge is -2.08. The molecule has 0 fully saturated rings. The molecule has 0 atom stereocenters. The normalized spacial score (nSPS) is 9.95. The highest BCUT2D eigenvalue weighted by atomic mass is 79.9. The summed E-state index contributed by atoms with van der Waals surface area (Å²) < 4.78 is 6.57. The minimum atomic E-state index is 0.500. The van der Waals surface area contributed by atoms with Crippen molar-refractivity contribution in [1.29, 1.82) is 5.26 Å². The van der Waals surface area contributed by atoms with Gasteiger partial charge >= 0.3 is 0 Å². The summed E-state index contributed by atoms with van der Waals surface area (Å²) in [7, 11) is 0. The van der Waals surface area contributed by atoms with Gasteiger partial charge in [-0.3, -0.25) is 0 Å². The molecule has 0 saturated carbocycles. The van der Waals surface area contributed by atoms with Crippen molar-refractivity contribution in [2.75, 3.05) is 6.54 Å². The van der Waals surface area contributed by atoms with Gasteiger partial charge in [0.15, 0.2) is 0 Å². The number of benzene rings is 2. The Morgan fingerprint density at radius 3 is 2.53 bits per heavy atom. The Morgan fingerprint density at radius 2 is 1.89 bits per heavy atom. The van der Waals surface area contributed by atoms with Gasteiger partial charge in [-0.2, -0.15) is 5.26 Å². The maximum absolute atomic E-state index is 9.07. The van der Waals surface area contributed by atoms with Crippen LogP contribution >= 0.6 is 15.9 Å². The van der Waals surface area contributed by atoms with Crippen LogP contribution in [0, 0.1) is 11.3 Å². The summed E-state index contributed by atoms with van der Waals surface area (Å²) in [5, 5.41) is 9.07. The molecule has 3 nitrogen and oxygen atoms in total. The number of rotatable bonds is 4. The van der Waals surface area contributed by atoms with E-state index in [0.29, 0.717) is 23.6 Å². The van der Waals surface area contributed by atoms with E-state index in [4.69, 9.17) is 15.7 Å². The van der Waals surface area contributed by atoms with Gasteiger partial charge in [-0.15, -0.1) is 0 Å². The van der Waals surface area contributed by atoms with Crippen LogP contribution in [0.1, 0.15) is 11.1 Å². The predicted octanol–water partition coefficient (Wildman–Crippen LogP) is 3.61. The zero-order valence-electron chi connectivity index (χ0n) is 10.3. The smallest absolute Gasteiger partial charge is 0.145 e. The molecule has 0 radical (unpaired) electrons. The molecule has 2 N–H and O–H groups in total. The Balaban J connectivity index is 2.19. The second kappa shape index (κ2) is 6.37. The molecular weight excluding hydrogens is 304 g/mol. The van der Waals surface area contributed by atoms with Crippen molar-refractivity contribution in [2.45, 2.75) is 6.42 Å². The molecule has 2 aromatic rings. The van der Waals surface area contributed by atoms with Crippen LogP contribution in [-0.4, -0.2) is 6.54 Å². The second-order valence-corrected chi connectivity index (χ2v) is 4.95. The van der Waals surface area contributed by atoms with Crippen LogP contribution in [0.15, 0.2) is 46.9 Å². The predicted molar refractivity (Wildman–Crippen MR) is 78.1 cm³/mol. The van der Waals surface area contributed by atoms with E-state index in [0.717, 1.165) is 10.9 Å². The second-order valence-electron chi connectivity index (χ2n) is 4.04. The lowest BCUT2D eigenvalue weighted by molar-refractivity contribution is 0.481. The first kappa shape index (κ1) is 13.6. The quantitative estimate of drug-likeness (QED) is 0.937. The SMILES string of the molecule is N#Cc1cc(Br)ccc1Oc1ccc(CCN)cc1. The molecule has 0 aliphatic heterocycles. The summed E-state index contributed by atoms with van der Waals surface area (Å²) in [6, 6.07) is 15.2. The first-order valence-electron chi connectivity index (χ1n) is 5.89. The largest absolute Gasteiger partial charge is 0.456 e. The Bertz CT molecular complexity index is 603. The van der Waals surface area contributed by atoms with Crippen LogP contribution in [0.5, 0.6) is 11.5 Å². The van der Waals surface area contributed by atoms with Gasteiger partial charge in [0.1, 0.15) is 17.6 Å². The number of nitriles is 1. The van der Waals surface area contributed by atoms with E-state index in [2.05, 4.69) is 22.0 Å². The molecule has 0 aliphatic carbocycles. The molecule has 0 spiro atoms. The molecule has 2 aromatic carbocycles. The molecule has 2 rings (SSSR count). The van der Waals surface area contributed by atoms with Crippen LogP contribution in [0.25, 0.3) is 0 Å². The van der Waals surface area contributed by atoms with Crippen molar-refractivity contribution in [3.05, 3.63) is 58.1 Å². The highest BCUT2D eigenvalue weighted by Crippen LogP contribution is 2.27. The average Bonchev–Trinajstić information content (AvgIpc) is 2.43. The van der Waals surface area contributed by atoms with Crippen LogP contribution in [0.3, 0.4) is 0 Å². The van der Waals surface area contributed by atoms with E-state index in [9.17, 15) is 0 Å². The van der Waals surface area contributed by atoms with Crippen molar-refractivity contribution < 1.29 is 4.74 Å². The minimum Gasteiger partial charge on any atom is -0.456 e. The summed E-state index contributed by atoms with van der Waals surface area (Å²) in [5.41, 5.74) is 7.18. The summed E-state index contributed by atoms with van der Waals surface area (Å²) in [4.78, 5) is 0. The van der Waals surface area contributed by atoms with Crippen LogP contribution in [0.2, 0.25) is 0 Å². The maximum Gasteiger partial charge on any atom is 0.145 e.